The number of nitrogens with zero attached hydrogens (tertiary/aromatic N) is 2. The van der Waals surface area contributed by atoms with Crippen molar-refractivity contribution in [2.24, 2.45) is 0 Å². The number of hydrogen-bond donors (Lipinski definition) is 5. The van der Waals surface area contributed by atoms with Gasteiger partial charge in [-0.15, -0.1) is 0 Å². The molecule has 0 bridgehead atoms. The second kappa shape index (κ2) is 8.92. The summed E-state index contributed by atoms with van der Waals surface area (Å²) in [5.74, 6) is 0.0687. The maximum atomic E-state index is 14.7. The Morgan fingerprint density at radius 2 is 2.11 bits per heavy atom. The third-order valence-corrected chi connectivity index (χ3v) is 4.14. The van der Waals surface area contributed by atoms with E-state index < -0.39 is 0 Å². The van der Waals surface area contributed by atoms with E-state index >= 15 is 0 Å². The highest BCUT2D eigenvalue weighted by Gasteiger charge is 2.10. The minimum Gasteiger partial charge on any atom is -0.396 e. The number of aliphatic hydroxyl groups excluding tert-OH is 1. The Kier molecular flexibility index (Phi) is 6.13. The van der Waals surface area contributed by atoms with Gasteiger partial charge in [0, 0.05) is 48.2 Å². The molecule has 0 fully saturated rings. The van der Waals surface area contributed by atoms with Crippen LogP contribution in [0.4, 0.5) is 15.9 Å². The number of anilines is 2. The number of halogens is 1. The van der Waals surface area contributed by atoms with E-state index in [1.807, 2.05) is 0 Å². The number of nitrogens with one attached hydrogen (secondary N) is 3. The van der Waals surface area contributed by atoms with Crippen LogP contribution in [0, 0.1) is 11.2 Å². The van der Waals surface area contributed by atoms with Gasteiger partial charge in [-0.2, -0.15) is 0 Å². The van der Waals surface area contributed by atoms with Gasteiger partial charge < -0.3 is 26.9 Å². The summed E-state index contributed by atoms with van der Waals surface area (Å²) in [6.45, 7) is 0.549. The number of allylic oxidation sites excluding steroid dienone is 1. The molecule has 8 heteroatoms. The molecule has 2 heterocycles. The standard InChI is InChI=1S/C20H21FN6O/c21-19-13(3-5-18-15(19)2-1-7-25-18)12-26-20-16(23)4-6-17(27-20)14(10-22)11-24-8-9-28/h1-7,10-11,22,24,28H,8-9,12,23H2,(H,26,27)/b14-11+,22-10?. The van der Waals surface area contributed by atoms with Crippen molar-refractivity contribution < 1.29 is 9.50 Å². The van der Waals surface area contributed by atoms with Crippen LogP contribution in [-0.4, -0.2) is 34.4 Å². The first-order valence-electron chi connectivity index (χ1n) is 8.71. The zero-order valence-electron chi connectivity index (χ0n) is 15.1. The topological polar surface area (TPSA) is 120 Å². The van der Waals surface area contributed by atoms with Gasteiger partial charge in [0.15, 0.2) is 0 Å². The van der Waals surface area contributed by atoms with Crippen LogP contribution < -0.4 is 16.4 Å². The van der Waals surface area contributed by atoms with Gasteiger partial charge >= 0.3 is 0 Å². The Labute approximate surface area is 161 Å². The summed E-state index contributed by atoms with van der Waals surface area (Å²) in [6, 6.07) is 10.2. The van der Waals surface area contributed by atoms with Crippen molar-refractivity contribution in [2.45, 2.75) is 6.54 Å². The van der Waals surface area contributed by atoms with Crippen molar-refractivity contribution in [1.82, 2.24) is 15.3 Å². The van der Waals surface area contributed by atoms with E-state index in [-0.39, 0.29) is 19.0 Å². The van der Waals surface area contributed by atoms with Crippen LogP contribution in [0.5, 0.6) is 0 Å². The molecule has 2 aromatic heterocycles. The second-order valence-corrected chi connectivity index (χ2v) is 6.02. The summed E-state index contributed by atoms with van der Waals surface area (Å²) in [6.07, 6.45) is 4.38. The summed E-state index contributed by atoms with van der Waals surface area (Å²) in [5.41, 5.74) is 8.53. The van der Waals surface area contributed by atoms with Crippen molar-refractivity contribution >= 4 is 34.2 Å². The third-order valence-electron chi connectivity index (χ3n) is 4.14. The number of rotatable bonds is 8. The maximum absolute atomic E-state index is 14.7. The Bertz CT molecular complexity index is 1020. The molecule has 3 aromatic rings. The molecule has 0 aliphatic carbocycles. The zero-order valence-corrected chi connectivity index (χ0v) is 15.1. The summed E-state index contributed by atoms with van der Waals surface area (Å²) >= 11 is 0. The molecule has 0 amide bonds. The lowest BCUT2D eigenvalue weighted by molar-refractivity contribution is 0.298. The summed E-state index contributed by atoms with van der Waals surface area (Å²) in [4.78, 5) is 8.58. The van der Waals surface area contributed by atoms with Crippen molar-refractivity contribution in [3.05, 3.63) is 65.9 Å². The van der Waals surface area contributed by atoms with E-state index in [0.29, 0.717) is 45.8 Å². The van der Waals surface area contributed by atoms with Gasteiger partial charge in [-0.05, 0) is 30.3 Å². The molecular weight excluding hydrogens is 359 g/mol. The van der Waals surface area contributed by atoms with Gasteiger partial charge in [-0.1, -0.05) is 6.07 Å². The molecule has 0 saturated heterocycles. The molecule has 0 radical (unpaired) electrons. The lowest BCUT2D eigenvalue weighted by Gasteiger charge is -2.12. The Hall–Kier alpha value is -3.52. The van der Waals surface area contributed by atoms with Gasteiger partial charge in [0.25, 0.3) is 0 Å². The molecule has 0 aliphatic rings. The number of nitrogen functional groups attached to an aromatic ring is 1. The number of aliphatic hydroxyl groups is 1. The quantitative estimate of drug-likeness (QED) is 0.303. The second-order valence-electron chi connectivity index (χ2n) is 6.02. The summed E-state index contributed by atoms with van der Waals surface area (Å²) < 4.78 is 14.7. The van der Waals surface area contributed by atoms with Crippen LogP contribution in [0.1, 0.15) is 11.3 Å². The van der Waals surface area contributed by atoms with Gasteiger partial charge in [0.05, 0.1) is 23.5 Å². The van der Waals surface area contributed by atoms with Crippen LogP contribution in [0.25, 0.3) is 16.5 Å². The number of aromatic nitrogens is 2. The minimum atomic E-state index is -0.332. The largest absolute Gasteiger partial charge is 0.396 e. The highest BCUT2D eigenvalue weighted by atomic mass is 19.1. The van der Waals surface area contributed by atoms with E-state index in [4.69, 9.17) is 16.2 Å². The normalized spacial score (nSPS) is 11.4. The lowest BCUT2D eigenvalue weighted by Crippen LogP contribution is -2.12. The van der Waals surface area contributed by atoms with Crippen molar-refractivity contribution in [3.8, 4) is 0 Å². The number of fused-ring (bicyclic) bond motifs is 1. The predicted octanol–water partition coefficient (Wildman–Crippen LogP) is 2.54. The van der Waals surface area contributed by atoms with Gasteiger partial charge in [-0.25, -0.2) is 9.37 Å². The number of benzene rings is 1. The molecule has 6 N–H and O–H groups in total. The van der Waals surface area contributed by atoms with E-state index in [1.54, 1.807) is 48.8 Å². The molecule has 28 heavy (non-hydrogen) atoms. The molecular formula is C20H21FN6O. The van der Waals surface area contributed by atoms with Crippen LogP contribution in [-0.2, 0) is 6.54 Å². The molecule has 144 valence electrons. The SMILES string of the molecule is N=C/C(=C\NCCO)c1ccc(N)c(NCc2ccc3ncccc3c2F)n1. The van der Waals surface area contributed by atoms with Crippen LogP contribution in [0.15, 0.2) is 48.8 Å². The fraction of sp³-hybridized carbons (Fsp3) is 0.150. The van der Waals surface area contributed by atoms with Crippen LogP contribution in [0.3, 0.4) is 0 Å². The van der Waals surface area contributed by atoms with Crippen molar-refractivity contribution in [2.75, 3.05) is 24.2 Å². The molecule has 7 nitrogen and oxygen atoms in total. The molecule has 0 saturated carbocycles. The highest BCUT2D eigenvalue weighted by molar-refractivity contribution is 6.07. The van der Waals surface area contributed by atoms with Gasteiger partial charge in [-0.3, -0.25) is 4.98 Å². The van der Waals surface area contributed by atoms with E-state index in [1.165, 1.54) is 0 Å². The zero-order chi connectivity index (χ0) is 19.9. The van der Waals surface area contributed by atoms with E-state index in [2.05, 4.69) is 20.6 Å². The van der Waals surface area contributed by atoms with Gasteiger partial charge in [0.2, 0.25) is 0 Å². The molecule has 0 unspecified atom stereocenters. The Morgan fingerprint density at radius 1 is 1.25 bits per heavy atom. The minimum absolute atomic E-state index is 0.0173. The first-order valence-corrected chi connectivity index (χ1v) is 8.71. The smallest absolute Gasteiger partial charge is 0.150 e. The first kappa shape index (κ1) is 19.2. The average Bonchev–Trinajstić information content (AvgIpc) is 2.72. The fourth-order valence-electron chi connectivity index (χ4n) is 2.69. The van der Waals surface area contributed by atoms with E-state index in [0.717, 1.165) is 6.21 Å². The maximum Gasteiger partial charge on any atom is 0.150 e. The van der Waals surface area contributed by atoms with Crippen LogP contribution in [0.2, 0.25) is 0 Å². The Morgan fingerprint density at radius 3 is 2.89 bits per heavy atom. The number of pyridine rings is 2. The predicted molar refractivity (Wildman–Crippen MR) is 110 cm³/mol. The molecule has 3 rings (SSSR count). The van der Waals surface area contributed by atoms with Crippen molar-refractivity contribution in [3.63, 3.8) is 0 Å². The lowest BCUT2D eigenvalue weighted by atomic mass is 10.1. The molecule has 0 atom stereocenters. The summed E-state index contributed by atoms with van der Waals surface area (Å²) in [7, 11) is 0. The third kappa shape index (κ3) is 4.24. The van der Waals surface area contributed by atoms with Gasteiger partial charge in [0.1, 0.15) is 11.6 Å². The molecule has 1 aromatic carbocycles. The highest BCUT2D eigenvalue weighted by Crippen LogP contribution is 2.23. The number of nitrogens with two attached hydrogens (primary N) is 1. The first-order chi connectivity index (χ1) is 13.6. The van der Waals surface area contributed by atoms with Crippen molar-refractivity contribution in [1.29, 1.82) is 5.41 Å². The number of hydrogen-bond acceptors (Lipinski definition) is 7. The molecule has 0 spiro atoms. The molecule has 0 aliphatic heterocycles. The summed E-state index contributed by atoms with van der Waals surface area (Å²) in [5, 5.41) is 22.8. The monoisotopic (exact) mass is 380 g/mol. The Balaban J connectivity index is 1.82. The van der Waals surface area contributed by atoms with Crippen LogP contribution >= 0.6 is 0 Å². The average molecular weight is 380 g/mol. The fourth-order valence-corrected chi connectivity index (χ4v) is 2.69. The van der Waals surface area contributed by atoms with E-state index in [9.17, 15) is 4.39 Å².